The Labute approximate surface area is 197 Å². The molecular formula is C26H26N4O4. The highest BCUT2D eigenvalue weighted by Crippen LogP contribution is 2.25. The van der Waals surface area contributed by atoms with Gasteiger partial charge in [0.05, 0.1) is 12.5 Å². The summed E-state index contributed by atoms with van der Waals surface area (Å²) >= 11 is 0. The minimum Gasteiger partial charge on any atom is -0.480 e. The van der Waals surface area contributed by atoms with Gasteiger partial charge >= 0.3 is 12.0 Å². The van der Waals surface area contributed by atoms with Crippen LogP contribution in [0.3, 0.4) is 0 Å². The van der Waals surface area contributed by atoms with Crippen LogP contribution < -0.4 is 11.1 Å². The van der Waals surface area contributed by atoms with Crippen LogP contribution in [0.5, 0.6) is 0 Å². The predicted molar refractivity (Wildman–Crippen MR) is 128 cm³/mol. The molecule has 1 fully saturated rings. The number of imide groups is 1. The maximum absolute atomic E-state index is 12.4. The summed E-state index contributed by atoms with van der Waals surface area (Å²) in [6.07, 6.45) is -0.149. The SMILES string of the molecule is Cc1ccc(C(=N)N)cc1.O=C(O)C1CC(=O)N1C(=O)NC(c1ccccc1)c1ccccc1. The summed E-state index contributed by atoms with van der Waals surface area (Å²) in [5, 5.41) is 18.9. The number of carboxylic acid groups (broad SMARTS) is 1. The summed E-state index contributed by atoms with van der Waals surface area (Å²) in [6, 6.07) is 23.9. The number of aliphatic carboxylic acids is 1. The van der Waals surface area contributed by atoms with E-state index in [0.717, 1.165) is 21.6 Å². The predicted octanol–water partition coefficient (Wildman–Crippen LogP) is 3.45. The molecule has 34 heavy (non-hydrogen) atoms. The Morgan fingerprint density at radius 1 is 0.971 bits per heavy atom. The first-order valence-corrected chi connectivity index (χ1v) is 10.6. The van der Waals surface area contributed by atoms with E-state index in [4.69, 9.17) is 16.2 Å². The van der Waals surface area contributed by atoms with Crippen molar-refractivity contribution < 1.29 is 19.5 Å². The van der Waals surface area contributed by atoms with Crippen molar-refractivity contribution in [2.24, 2.45) is 5.73 Å². The molecule has 3 aromatic carbocycles. The van der Waals surface area contributed by atoms with Crippen molar-refractivity contribution in [2.45, 2.75) is 25.4 Å². The van der Waals surface area contributed by atoms with Gasteiger partial charge in [-0.3, -0.25) is 10.2 Å². The van der Waals surface area contributed by atoms with Crippen LogP contribution in [0.15, 0.2) is 84.9 Å². The zero-order chi connectivity index (χ0) is 24.7. The van der Waals surface area contributed by atoms with Crippen molar-refractivity contribution in [1.29, 1.82) is 5.41 Å². The van der Waals surface area contributed by atoms with Crippen LogP contribution >= 0.6 is 0 Å². The first kappa shape index (κ1) is 24.2. The number of amidine groups is 1. The lowest BCUT2D eigenvalue weighted by molar-refractivity contribution is -0.157. The number of hydrogen-bond acceptors (Lipinski definition) is 4. The van der Waals surface area contributed by atoms with Crippen LogP contribution in [-0.4, -0.2) is 39.8 Å². The Bertz CT molecular complexity index is 1120. The maximum atomic E-state index is 12.4. The topological polar surface area (TPSA) is 137 Å². The van der Waals surface area contributed by atoms with E-state index in [2.05, 4.69) is 5.32 Å². The number of carbonyl (C=O) groups is 3. The molecule has 5 N–H and O–H groups in total. The van der Waals surface area contributed by atoms with E-state index in [1.165, 1.54) is 5.56 Å². The van der Waals surface area contributed by atoms with Gasteiger partial charge in [0, 0.05) is 5.56 Å². The van der Waals surface area contributed by atoms with Gasteiger partial charge in [0.2, 0.25) is 5.91 Å². The molecule has 1 atom stereocenters. The third-order valence-electron chi connectivity index (χ3n) is 5.35. The number of nitrogens with two attached hydrogens (primary N) is 1. The maximum Gasteiger partial charge on any atom is 0.327 e. The van der Waals surface area contributed by atoms with E-state index in [1.807, 2.05) is 91.9 Å². The van der Waals surface area contributed by atoms with E-state index in [1.54, 1.807) is 0 Å². The summed E-state index contributed by atoms with van der Waals surface area (Å²) in [6.45, 7) is 2.00. The molecule has 8 nitrogen and oxygen atoms in total. The second-order valence-electron chi connectivity index (χ2n) is 7.81. The number of aryl methyl sites for hydroxylation is 1. The Hall–Kier alpha value is -4.46. The van der Waals surface area contributed by atoms with Crippen LogP contribution in [0.2, 0.25) is 0 Å². The van der Waals surface area contributed by atoms with Gasteiger partial charge in [-0.2, -0.15) is 0 Å². The highest BCUT2D eigenvalue weighted by Gasteiger charge is 2.46. The standard InChI is InChI=1S/C18H16N2O4.C8H10N2/c21-15-11-14(17(22)23)20(15)18(24)19-16(12-7-3-1-4-8-12)13-9-5-2-6-10-13;1-6-2-4-7(5-3-6)8(9)10/h1-10,14,16H,11H2,(H,19,24)(H,22,23);2-5H,1H3,(H3,9,10). The van der Waals surface area contributed by atoms with Crippen LogP contribution in [0.4, 0.5) is 4.79 Å². The molecule has 0 aromatic heterocycles. The van der Waals surface area contributed by atoms with Crippen molar-refractivity contribution in [3.8, 4) is 0 Å². The molecule has 1 aliphatic heterocycles. The number of rotatable bonds is 5. The monoisotopic (exact) mass is 458 g/mol. The van der Waals surface area contributed by atoms with Crippen molar-refractivity contribution in [3.63, 3.8) is 0 Å². The van der Waals surface area contributed by atoms with E-state index < -0.39 is 30.0 Å². The molecule has 174 valence electrons. The Morgan fingerprint density at radius 3 is 1.88 bits per heavy atom. The number of hydrogen-bond donors (Lipinski definition) is 4. The van der Waals surface area contributed by atoms with E-state index >= 15 is 0 Å². The second kappa shape index (κ2) is 10.9. The second-order valence-corrected chi connectivity index (χ2v) is 7.81. The van der Waals surface area contributed by atoms with Crippen LogP contribution in [0.25, 0.3) is 0 Å². The summed E-state index contributed by atoms with van der Waals surface area (Å²) in [5.41, 5.74) is 8.90. The average molecular weight is 459 g/mol. The van der Waals surface area contributed by atoms with Gasteiger partial charge in [-0.05, 0) is 18.1 Å². The molecule has 0 aliphatic carbocycles. The Kier molecular flexibility index (Phi) is 7.76. The zero-order valence-electron chi connectivity index (χ0n) is 18.6. The summed E-state index contributed by atoms with van der Waals surface area (Å²) < 4.78 is 0. The van der Waals surface area contributed by atoms with Crippen molar-refractivity contribution in [2.75, 3.05) is 0 Å². The van der Waals surface area contributed by atoms with Crippen molar-refractivity contribution >= 4 is 23.7 Å². The lowest BCUT2D eigenvalue weighted by Gasteiger charge is -2.36. The molecule has 1 unspecified atom stereocenters. The number of benzene rings is 3. The number of nitrogens with one attached hydrogen (secondary N) is 2. The van der Waals surface area contributed by atoms with Crippen LogP contribution in [-0.2, 0) is 9.59 Å². The molecule has 0 radical (unpaired) electrons. The number of likely N-dealkylation sites (tertiary alicyclic amines) is 1. The minimum atomic E-state index is -1.18. The summed E-state index contributed by atoms with van der Waals surface area (Å²) in [4.78, 5) is 35.9. The normalized spacial score (nSPS) is 14.5. The fourth-order valence-corrected chi connectivity index (χ4v) is 3.45. The molecule has 0 spiro atoms. The van der Waals surface area contributed by atoms with E-state index in [-0.39, 0.29) is 12.3 Å². The Balaban J connectivity index is 0.000000271. The number of carboxylic acids is 1. The van der Waals surface area contributed by atoms with Gasteiger partial charge in [0.25, 0.3) is 0 Å². The van der Waals surface area contributed by atoms with E-state index in [0.29, 0.717) is 0 Å². The van der Waals surface area contributed by atoms with Gasteiger partial charge in [-0.15, -0.1) is 0 Å². The molecule has 1 aliphatic rings. The fraction of sp³-hybridized carbons (Fsp3) is 0.154. The zero-order valence-corrected chi connectivity index (χ0v) is 18.6. The summed E-state index contributed by atoms with van der Waals surface area (Å²) in [5.74, 6) is -1.54. The number of nitrogen functional groups attached to an aromatic ring is 1. The smallest absolute Gasteiger partial charge is 0.327 e. The Morgan fingerprint density at radius 2 is 1.47 bits per heavy atom. The van der Waals surface area contributed by atoms with Gasteiger partial charge in [0.1, 0.15) is 11.9 Å². The number of β-lactam (4-membered cyclic amide) rings is 1. The molecule has 1 saturated heterocycles. The average Bonchev–Trinajstić information content (AvgIpc) is 2.82. The number of nitrogens with zero attached hydrogens (tertiary/aromatic N) is 1. The van der Waals surface area contributed by atoms with Crippen molar-refractivity contribution in [3.05, 3.63) is 107 Å². The minimum absolute atomic E-state index is 0.125. The van der Waals surface area contributed by atoms with Crippen LogP contribution in [0, 0.1) is 12.3 Å². The van der Waals surface area contributed by atoms with Gasteiger partial charge < -0.3 is 16.2 Å². The molecule has 4 rings (SSSR count). The highest BCUT2D eigenvalue weighted by molar-refractivity contribution is 6.06. The molecule has 0 bridgehead atoms. The molecular weight excluding hydrogens is 432 g/mol. The van der Waals surface area contributed by atoms with Gasteiger partial charge in [-0.25, -0.2) is 14.5 Å². The molecule has 8 heteroatoms. The molecule has 3 aromatic rings. The van der Waals surface area contributed by atoms with Gasteiger partial charge in [0.15, 0.2) is 0 Å². The first-order chi connectivity index (χ1) is 16.3. The fourth-order valence-electron chi connectivity index (χ4n) is 3.45. The largest absolute Gasteiger partial charge is 0.480 e. The lowest BCUT2D eigenvalue weighted by Crippen LogP contribution is -2.62. The molecule has 1 heterocycles. The number of amides is 3. The molecule has 0 saturated carbocycles. The first-order valence-electron chi connectivity index (χ1n) is 10.6. The third kappa shape index (κ3) is 5.86. The van der Waals surface area contributed by atoms with Gasteiger partial charge in [-0.1, -0.05) is 90.5 Å². The lowest BCUT2D eigenvalue weighted by atomic mass is 9.98. The van der Waals surface area contributed by atoms with Crippen LogP contribution in [0.1, 0.15) is 34.7 Å². The number of carbonyl (C=O) groups excluding carboxylic acids is 2. The van der Waals surface area contributed by atoms with E-state index in [9.17, 15) is 14.4 Å². The number of urea groups is 1. The third-order valence-corrected chi connectivity index (χ3v) is 5.35. The quantitative estimate of drug-likeness (QED) is 0.264. The summed E-state index contributed by atoms with van der Waals surface area (Å²) in [7, 11) is 0. The highest BCUT2D eigenvalue weighted by atomic mass is 16.4. The molecule has 3 amide bonds. The van der Waals surface area contributed by atoms with Crippen molar-refractivity contribution in [1.82, 2.24) is 10.2 Å².